The highest BCUT2D eigenvalue weighted by molar-refractivity contribution is 5.75. The van der Waals surface area contributed by atoms with Crippen molar-refractivity contribution in [2.24, 2.45) is 0 Å². The zero-order valence-electron chi connectivity index (χ0n) is 9.94. The summed E-state index contributed by atoms with van der Waals surface area (Å²) < 4.78 is 0. The molecule has 0 spiro atoms. The molecule has 1 aromatic carbocycles. The van der Waals surface area contributed by atoms with E-state index < -0.39 is 0 Å². The van der Waals surface area contributed by atoms with Crippen molar-refractivity contribution in [3.8, 4) is 6.07 Å². The number of amides is 1. The average Bonchev–Trinajstić information content (AvgIpc) is 2.38. The van der Waals surface area contributed by atoms with Crippen molar-refractivity contribution in [2.45, 2.75) is 18.9 Å². The molecule has 0 heterocycles. The number of hydrogen-bond donors (Lipinski definition) is 2. The van der Waals surface area contributed by atoms with Gasteiger partial charge in [0.15, 0.2) is 0 Å². The molecule has 4 nitrogen and oxygen atoms in total. The van der Waals surface area contributed by atoms with Crippen LogP contribution in [-0.4, -0.2) is 19.5 Å². The maximum Gasteiger partial charge on any atom is 0.221 e. The van der Waals surface area contributed by atoms with Gasteiger partial charge in [-0.2, -0.15) is 5.26 Å². The number of nitrogens with zero attached hydrogens (tertiary/aromatic N) is 1. The molecule has 1 rings (SSSR count). The number of nitrogens with one attached hydrogen (secondary N) is 2. The summed E-state index contributed by atoms with van der Waals surface area (Å²) in [6.07, 6.45) is 0.822. The third kappa shape index (κ3) is 4.66. The summed E-state index contributed by atoms with van der Waals surface area (Å²) in [6.45, 7) is 0.570. The van der Waals surface area contributed by atoms with Crippen molar-refractivity contribution in [2.75, 3.05) is 13.6 Å². The summed E-state index contributed by atoms with van der Waals surface area (Å²) in [4.78, 5) is 11.1. The molecule has 0 aromatic heterocycles. The highest BCUT2D eigenvalue weighted by Gasteiger charge is 2.10. The van der Waals surface area contributed by atoms with Crippen molar-refractivity contribution in [1.29, 1.82) is 5.26 Å². The first-order chi connectivity index (χ1) is 8.27. The van der Waals surface area contributed by atoms with E-state index in [9.17, 15) is 4.79 Å². The summed E-state index contributed by atoms with van der Waals surface area (Å²) in [6, 6.07) is 11.9. The maximum atomic E-state index is 11.1. The van der Waals surface area contributed by atoms with E-state index in [1.807, 2.05) is 30.3 Å². The second-order valence-electron chi connectivity index (χ2n) is 3.70. The van der Waals surface area contributed by atoms with Crippen LogP contribution in [-0.2, 0) is 4.79 Å². The minimum Gasteiger partial charge on any atom is -0.359 e. The van der Waals surface area contributed by atoms with Crippen LogP contribution in [0.2, 0.25) is 0 Å². The van der Waals surface area contributed by atoms with E-state index >= 15 is 0 Å². The summed E-state index contributed by atoms with van der Waals surface area (Å²) in [5.41, 5.74) is 1.07. The molecule has 4 heteroatoms. The molecule has 0 aliphatic carbocycles. The second-order valence-corrected chi connectivity index (χ2v) is 3.70. The minimum absolute atomic E-state index is 0.00118. The van der Waals surface area contributed by atoms with E-state index in [2.05, 4.69) is 16.7 Å². The monoisotopic (exact) mass is 231 g/mol. The van der Waals surface area contributed by atoms with Gasteiger partial charge in [0, 0.05) is 26.1 Å². The maximum absolute atomic E-state index is 11.1. The smallest absolute Gasteiger partial charge is 0.221 e. The van der Waals surface area contributed by atoms with Gasteiger partial charge in [0.2, 0.25) is 5.91 Å². The van der Waals surface area contributed by atoms with Crippen LogP contribution in [0.1, 0.15) is 24.4 Å². The summed E-state index contributed by atoms with van der Waals surface area (Å²) in [5, 5.41) is 14.6. The molecule has 0 aliphatic rings. The van der Waals surface area contributed by atoms with Crippen LogP contribution in [0.15, 0.2) is 30.3 Å². The standard InChI is InChI=1S/C13H17N3O/c1-15-13(17)8-10-16-12(7-9-14)11-5-3-2-4-6-11/h2-6,12,16H,7-8,10H2,1H3,(H,15,17). The quantitative estimate of drug-likeness (QED) is 0.777. The normalized spacial score (nSPS) is 11.5. The lowest BCUT2D eigenvalue weighted by Gasteiger charge is -2.15. The van der Waals surface area contributed by atoms with E-state index in [1.54, 1.807) is 7.05 Å². The van der Waals surface area contributed by atoms with E-state index in [0.29, 0.717) is 19.4 Å². The Hall–Kier alpha value is -1.86. The number of carbonyl (C=O) groups excluding carboxylic acids is 1. The Morgan fingerprint density at radius 1 is 1.41 bits per heavy atom. The van der Waals surface area contributed by atoms with Gasteiger partial charge in [0.1, 0.15) is 0 Å². The Labute approximate surface area is 102 Å². The largest absolute Gasteiger partial charge is 0.359 e. The lowest BCUT2D eigenvalue weighted by molar-refractivity contribution is -0.120. The third-order valence-electron chi connectivity index (χ3n) is 2.52. The van der Waals surface area contributed by atoms with E-state index in [-0.39, 0.29) is 11.9 Å². The van der Waals surface area contributed by atoms with Crippen LogP contribution in [0.5, 0.6) is 0 Å². The Morgan fingerprint density at radius 2 is 2.12 bits per heavy atom. The van der Waals surface area contributed by atoms with Crippen LogP contribution >= 0.6 is 0 Å². The molecule has 0 saturated heterocycles. The molecular formula is C13H17N3O. The van der Waals surface area contributed by atoms with Gasteiger partial charge in [-0.15, -0.1) is 0 Å². The van der Waals surface area contributed by atoms with Crippen LogP contribution < -0.4 is 10.6 Å². The Bertz CT molecular complexity index is 383. The van der Waals surface area contributed by atoms with Crippen molar-refractivity contribution in [3.05, 3.63) is 35.9 Å². The van der Waals surface area contributed by atoms with E-state index in [4.69, 9.17) is 5.26 Å². The fraction of sp³-hybridized carbons (Fsp3) is 0.385. The molecule has 0 saturated carbocycles. The van der Waals surface area contributed by atoms with Gasteiger partial charge in [-0.1, -0.05) is 30.3 Å². The van der Waals surface area contributed by atoms with Crippen molar-refractivity contribution >= 4 is 5.91 Å². The van der Waals surface area contributed by atoms with Crippen molar-refractivity contribution < 1.29 is 4.79 Å². The predicted octanol–water partition coefficient (Wildman–Crippen LogP) is 1.37. The van der Waals surface area contributed by atoms with Gasteiger partial charge in [-0.25, -0.2) is 0 Å². The first-order valence-corrected chi connectivity index (χ1v) is 5.63. The lowest BCUT2D eigenvalue weighted by Crippen LogP contribution is -2.27. The molecule has 0 bridgehead atoms. The summed E-state index contributed by atoms with van der Waals surface area (Å²) >= 11 is 0. The fourth-order valence-electron chi connectivity index (χ4n) is 1.57. The molecule has 2 N–H and O–H groups in total. The Balaban J connectivity index is 2.50. The molecule has 17 heavy (non-hydrogen) atoms. The van der Waals surface area contributed by atoms with Gasteiger partial charge in [0.25, 0.3) is 0 Å². The predicted molar refractivity (Wildman–Crippen MR) is 66.1 cm³/mol. The molecular weight excluding hydrogens is 214 g/mol. The molecule has 0 aliphatic heterocycles. The fourth-order valence-corrected chi connectivity index (χ4v) is 1.57. The van der Waals surface area contributed by atoms with Gasteiger partial charge in [-0.05, 0) is 5.56 Å². The molecule has 1 aromatic rings. The minimum atomic E-state index is -0.00847. The number of hydrogen-bond acceptors (Lipinski definition) is 3. The molecule has 1 amide bonds. The van der Waals surface area contributed by atoms with Gasteiger partial charge < -0.3 is 10.6 Å². The van der Waals surface area contributed by atoms with Crippen LogP contribution in [0.4, 0.5) is 0 Å². The first kappa shape index (κ1) is 13.2. The molecule has 1 atom stereocenters. The first-order valence-electron chi connectivity index (χ1n) is 5.63. The summed E-state index contributed by atoms with van der Waals surface area (Å²) in [5.74, 6) is 0.00118. The Morgan fingerprint density at radius 3 is 2.71 bits per heavy atom. The van der Waals surface area contributed by atoms with Crippen LogP contribution in [0, 0.1) is 11.3 Å². The number of carbonyl (C=O) groups is 1. The zero-order chi connectivity index (χ0) is 12.5. The average molecular weight is 231 g/mol. The van der Waals surface area contributed by atoms with Crippen molar-refractivity contribution in [1.82, 2.24) is 10.6 Å². The molecule has 90 valence electrons. The molecule has 0 radical (unpaired) electrons. The topological polar surface area (TPSA) is 64.9 Å². The van der Waals surface area contributed by atoms with E-state index in [0.717, 1.165) is 5.56 Å². The van der Waals surface area contributed by atoms with Crippen molar-refractivity contribution in [3.63, 3.8) is 0 Å². The third-order valence-corrected chi connectivity index (χ3v) is 2.52. The van der Waals surface area contributed by atoms with Gasteiger partial charge >= 0.3 is 0 Å². The number of nitriles is 1. The lowest BCUT2D eigenvalue weighted by atomic mass is 10.0. The highest BCUT2D eigenvalue weighted by atomic mass is 16.1. The van der Waals surface area contributed by atoms with Gasteiger partial charge in [-0.3, -0.25) is 4.79 Å². The highest BCUT2D eigenvalue weighted by Crippen LogP contribution is 2.15. The molecule has 0 fully saturated rings. The van der Waals surface area contributed by atoms with Crippen LogP contribution in [0.25, 0.3) is 0 Å². The molecule has 1 unspecified atom stereocenters. The zero-order valence-corrected chi connectivity index (χ0v) is 9.94. The SMILES string of the molecule is CNC(=O)CCNC(CC#N)c1ccccc1. The number of benzene rings is 1. The summed E-state index contributed by atoms with van der Waals surface area (Å²) in [7, 11) is 1.62. The second kappa shape index (κ2) is 7.42. The Kier molecular flexibility index (Phi) is 5.76. The van der Waals surface area contributed by atoms with Gasteiger partial charge in [0.05, 0.1) is 12.5 Å². The van der Waals surface area contributed by atoms with E-state index in [1.165, 1.54) is 0 Å². The van der Waals surface area contributed by atoms with Crippen LogP contribution in [0.3, 0.4) is 0 Å². The number of rotatable bonds is 6.